The van der Waals surface area contributed by atoms with Crippen LogP contribution in [0.3, 0.4) is 0 Å². The second kappa shape index (κ2) is 7.09. The summed E-state index contributed by atoms with van der Waals surface area (Å²) in [6.07, 6.45) is 1.87. The average molecular weight is 347 g/mol. The Balaban J connectivity index is 2.20. The number of nitrogens with zero attached hydrogens (tertiary/aromatic N) is 2. The quantitative estimate of drug-likeness (QED) is 0.824. The highest BCUT2D eigenvalue weighted by Gasteiger charge is 2.17. The van der Waals surface area contributed by atoms with Gasteiger partial charge in [-0.25, -0.2) is 0 Å². The molecule has 0 aliphatic carbocycles. The Morgan fingerprint density at radius 1 is 1.43 bits per heavy atom. The molecular weight excluding hydrogens is 332 g/mol. The number of carbonyl (C=O) groups is 1. The second-order valence-corrected chi connectivity index (χ2v) is 5.53. The topological polar surface area (TPSA) is 57.2 Å². The van der Waals surface area contributed by atoms with Crippen molar-refractivity contribution in [2.45, 2.75) is 19.9 Å². The molecule has 108 valence electrons. The van der Waals surface area contributed by atoms with Crippen molar-refractivity contribution in [1.82, 2.24) is 4.90 Å². The van der Waals surface area contributed by atoms with Gasteiger partial charge in [0, 0.05) is 16.6 Å². The molecule has 4 nitrogen and oxygen atoms in total. The van der Waals surface area contributed by atoms with Crippen LogP contribution < -0.4 is 0 Å². The van der Waals surface area contributed by atoms with E-state index in [4.69, 9.17) is 9.68 Å². The van der Waals surface area contributed by atoms with Crippen molar-refractivity contribution < 1.29 is 9.21 Å². The van der Waals surface area contributed by atoms with Crippen LogP contribution in [0.15, 0.2) is 45.5 Å². The van der Waals surface area contributed by atoms with Gasteiger partial charge in [-0.2, -0.15) is 5.26 Å². The van der Waals surface area contributed by atoms with E-state index in [0.717, 1.165) is 10.0 Å². The van der Waals surface area contributed by atoms with Gasteiger partial charge in [0.1, 0.15) is 5.76 Å². The van der Waals surface area contributed by atoms with Crippen LogP contribution in [0.2, 0.25) is 0 Å². The summed E-state index contributed by atoms with van der Waals surface area (Å²) in [7, 11) is 0. The monoisotopic (exact) mass is 346 g/mol. The number of rotatable bonds is 5. The smallest absolute Gasteiger partial charge is 0.254 e. The summed E-state index contributed by atoms with van der Waals surface area (Å²) in [5, 5.41) is 8.76. The number of furan rings is 1. The van der Waals surface area contributed by atoms with Gasteiger partial charge in [-0.3, -0.25) is 4.79 Å². The number of halogens is 1. The number of amides is 1. The predicted octanol–water partition coefficient (Wildman–Crippen LogP) is 3.91. The molecule has 0 unspecified atom stereocenters. The molecule has 1 amide bonds. The van der Waals surface area contributed by atoms with E-state index in [-0.39, 0.29) is 5.91 Å². The minimum absolute atomic E-state index is 0.109. The first-order valence-electron chi connectivity index (χ1n) is 6.56. The van der Waals surface area contributed by atoms with Crippen LogP contribution in [-0.2, 0) is 6.54 Å². The zero-order chi connectivity index (χ0) is 15.2. The van der Waals surface area contributed by atoms with Crippen molar-refractivity contribution in [1.29, 1.82) is 5.26 Å². The SMILES string of the molecule is Cc1ccc(C(=O)N(CCC#N)Cc2ccco2)cc1Br. The van der Waals surface area contributed by atoms with Crippen LogP contribution in [0.25, 0.3) is 0 Å². The molecule has 2 aromatic rings. The molecular formula is C16H15BrN2O2. The van der Waals surface area contributed by atoms with E-state index >= 15 is 0 Å². The number of hydrogen-bond acceptors (Lipinski definition) is 3. The first-order valence-corrected chi connectivity index (χ1v) is 7.36. The fraction of sp³-hybridized carbons (Fsp3) is 0.250. The minimum Gasteiger partial charge on any atom is -0.467 e. The van der Waals surface area contributed by atoms with E-state index in [2.05, 4.69) is 22.0 Å². The first-order chi connectivity index (χ1) is 10.1. The Bertz CT molecular complexity index is 659. The molecule has 0 saturated carbocycles. The maximum Gasteiger partial charge on any atom is 0.254 e. The van der Waals surface area contributed by atoms with E-state index < -0.39 is 0 Å². The van der Waals surface area contributed by atoms with Crippen LogP contribution in [-0.4, -0.2) is 17.4 Å². The number of aryl methyl sites for hydroxylation is 1. The summed E-state index contributed by atoms with van der Waals surface area (Å²) in [4.78, 5) is 14.2. The number of carbonyl (C=O) groups excluding carboxylic acids is 1. The maximum absolute atomic E-state index is 12.6. The third-order valence-electron chi connectivity index (χ3n) is 3.13. The second-order valence-electron chi connectivity index (χ2n) is 4.68. The third kappa shape index (κ3) is 3.96. The summed E-state index contributed by atoms with van der Waals surface area (Å²) in [6, 6.07) is 11.2. The van der Waals surface area contributed by atoms with Gasteiger partial charge in [0.05, 0.1) is 25.3 Å². The Labute approximate surface area is 132 Å². The van der Waals surface area contributed by atoms with Crippen molar-refractivity contribution in [3.8, 4) is 6.07 Å². The molecule has 0 saturated heterocycles. The van der Waals surface area contributed by atoms with Crippen molar-refractivity contribution >= 4 is 21.8 Å². The lowest BCUT2D eigenvalue weighted by atomic mass is 10.1. The Morgan fingerprint density at radius 2 is 2.24 bits per heavy atom. The lowest BCUT2D eigenvalue weighted by molar-refractivity contribution is 0.0735. The molecule has 0 fully saturated rings. The number of hydrogen-bond donors (Lipinski definition) is 0. The summed E-state index contributed by atoms with van der Waals surface area (Å²) in [5.41, 5.74) is 1.66. The van der Waals surface area contributed by atoms with Crippen molar-refractivity contribution in [3.05, 3.63) is 58.0 Å². The van der Waals surface area contributed by atoms with Crippen LogP contribution in [0.4, 0.5) is 0 Å². The minimum atomic E-state index is -0.109. The lowest BCUT2D eigenvalue weighted by Gasteiger charge is -2.20. The Kier molecular flexibility index (Phi) is 5.18. The van der Waals surface area contributed by atoms with E-state index in [9.17, 15) is 4.79 Å². The van der Waals surface area contributed by atoms with Crippen LogP contribution in [0.5, 0.6) is 0 Å². The largest absolute Gasteiger partial charge is 0.467 e. The Morgan fingerprint density at radius 3 is 2.86 bits per heavy atom. The van der Waals surface area contributed by atoms with Gasteiger partial charge in [-0.1, -0.05) is 22.0 Å². The zero-order valence-electron chi connectivity index (χ0n) is 11.7. The van der Waals surface area contributed by atoms with Gasteiger partial charge in [0.15, 0.2) is 0 Å². The molecule has 0 aliphatic rings. The van der Waals surface area contributed by atoms with Crippen LogP contribution >= 0.6 is 15.9 Å². The highest BCUT2D eigenvalue weighted by molar-refractivity contribution is 9.10. The molecule has 1 heterocycles. The molecule has 1 aromatic heterocycles. The highest BCUT2D eigenvalue weighted by atomic mass is 79.9. The van der Waals surface area contributed by atoms with E-state index in [1.165, 1.54) is 0 Å². The van der Waals surface area contributed by atoms with Crippen molar-refractivity contribution in [2.75, 3.05) is 6.54 Å². The molecule has 2 rings (SSSR count). The summed E-state index contributed by atoms with van der Waals surface area (Å²) in [6.45, 7) is 2.70. The van der Waals surface area contributed by atoms with E-state index in [1.807, 2.05) is 19.1 Å². The molecule has 0 bridgehead atoms. The molecule has 0 radical (unpaired) electrons. The predicted molar refractivity (Wildman–Crippen MR) is 82.6 cm³/mol. The van der Waals surface area contributed by atoms with Gasteiger partial charge < -0.3 is 9.32 Å². The van der Waals surface area contributed by atoms with E-state index in [1.54, 1.807) is 29.4 Å². The van der Waals surface area contributed by atoms with Crippen molar-refractivity contribution in [2.24, 2.45) is 0 Å². The molecule has 0 N–H and O–H groups in total. The lowest BCUT2D eigenvalue weighted by Crippen LogP contribution is -2.31. The Hall–Kier alpha value is -2.06. The fourth-order valence-corrected chi connectivity index (χ4v) is 2.32. The molecule has 5 heteroatoms. The van der Waals surface area contributed by atoms with Crippen LogP contribution in [0.1, 0.15) is 28.1 Å². The molecule has 0 spiro atoms. The normalized spacial score (nSPS) is 10.1. The molecule has 1 aromatic carbocycles. The average Bonchev–Trinajstić information content (AvgIpc) is 2.98. The highest BCUT2D eigenvalue weighted by Crippen LogP contribution is 2.19. The van der Waals surface area contributed by atoms with Gasteiger partial charge in [-0.05, 0) is 36.8 Å². The van der Waals surface area contributed by atoms with E-state index in [0.29, 0.717) is 30.8 Å². The maximum atomic E-state index is 12.6. The van der Waals surface area contributed by atoms with Gasteiger partial charge >= 0.3 is 0 Å². The number of benzene rings is 1. The summed E-state index contributed by atoms with van der Waals surface area (Å²) >= 11 is 3.44. The first kappa shape index (κ1) is 15.3. The summed E-state index contributed by atoms with van der Waals surface area (Å²) in [5.74, 6) is 0.592. The number of nitriles is 1. The summed E-state index contributed by atoms with van der Waals surface area (Å²) < 4.78 is 6.18. The molecule has 21 heavy (non-hydrogen) atoms. The van der Waals surface area contributed by atoms with Crippen molar-refractivity contribution in [3.63, 3.8) is 0 Å². The molecule has 0 aliphatic heterocycles. The zero-order valence-corrected chi connectivity index (χ0v) is 13.3. The fourth-order valence-electron chi connectivity index (χ4n) is 1.94. The molecule has 0 atom stereocenters. The third-order valence-corrected chi connectivity index (χ3v) is 3.98. The van der Waals surface area contributed by atoms with Gasteiger partial charge in [-0.15, -0.1) is 0 Å². The van der Waals surface area contributed by atoms with Gasteiger partial charge in [0.2, 0.25) is 0 Å². The standard InChI is InChI=1S/C16H15BrN2O2/c1-12-5-6-13(10-15(12)17)16(20)19(8-3-7-18)11-14-4-2-9-21-14/h2,4-6,9-10H,3,8,11H2,1H3. The van der Waals surface area contributed by atoms with Gasteiger partial charge in [0.25, 0.3) is 5.91 Å². The van der Waals surface area contributed by atoms with Crippen LogP contribution in [0, 0.1) is 18.3 Å².